The molecule has 2 aromatic carbocycles. The minimum absolute atomic E-state index is 0.329. The highest BCUT2D eigenvalue weighted by molar-refractivity contribution is 14.1. The fourth-order valence-corrected chi connectivity index (χ4v) is 2.62. The lowest BCUT2D eigenvalue weighted by Gasteiger charge is -2.13. The first-order valence-corrected chi connectivity index (χ1v) is 7.97. The summed E-state index contributed by atoms with van der Waals surface area (Å²) in [5.74, 6) is 0.580. The molecule has 7 heteroatoms. The smallest absolute Gasteiger partial charge is 0.259 e. The lowest BCUT2D eigenvalue weighted by Crippen LogP contribution is -2.14. The molecule has 0 heterocycles. The van der Waals surface area contributed by atoms with E-state index in [4.69, 9.17) is 32.7 Å². The molecule has 116 valence electrons. The van der Waals surface area contributed by atoms with Crippen molar-refractivity contribution in [3.05, 3.63) is 49.5 Å². The van der Waals surface area contributed by atoms with Crippen LogP contribution in [0.15, 0.2) is 30.3 Å². The van der Waals surface area contributed by atoms with Crippen LogP contribution in [0, 0.1) is 3.57 Å². The molecule has 0 aliphatic rings. The molecule has 0 aliphatic heterocycles. The number of methoxy groups -OCH3 is 2. The zero-order chi connectivity index (χ0) is 16.3. The zero-order valence-corrected chi connectivity index (χ0v) is 15.4. The third-order valence-corrected chi connectivity index (χ3v) is 4.66. The number of benzene rings is 2. The Morgan fingerprint density at radius 2 is 1.77 bits per heavy atom. The van der Waals surface area contributed by atoms with Crippen molar-refractivity contribution in [1.29, 1.82) is 0 Å². The highest BCUT2D eigenvalue weighted by Crippen LogP contribution is 2.31. The summed E-state index contributed by atoms with van der Waals surface area (Å²) < 4.78 is 11.2. The molecule has 0 aromatic heterocycles. The molecule has 0 fully saturated rings. The molecule has 0 bridgehead atoms. The minimum atomic E-state index is -0.365. The van der Waals surface area contributed by atoms with E-state index in [0.29, 0.717) is 32.8 Å². The summed E-state index contributed by atoms with van der Waals surface area (Å²) in [5, 5.41) is 3.72. The predicted octanol–water partition coefficient (Wildman–Crippen LogP) is 4.87. The Kier molecular flexibility index (Phi) is 5.77. The van der Waals surface area contributed by atoms with Crippen LogP contribution >= 0.6 is 45.8 Å². The van der Waals surface area contributed by atoms with Gasteiger partial charge in [-0.25, -0.2) is 0 Å². The van der Waals surface area contributed by atoms with Crippen molar-refractivity contribution in [3.63, 3.8) is 0 Å². The molecule has 0 saturated carbocycles. The van der Waals surface area contributed by atoms with Crippen molar-refractivity contribution >= 4 is 57.4 Å². The van der Waals surface area contributed by atoms with Gasteiger partial charge in [-0.1, -0.05) is 23.2 Å². The number of nitrogens with one attached hydrogen (secondary N) is 1. The Bertz CT molecular complexity index is 722. The van der Waals surface area contributed by atoms with Gasteiger partial charge in [0.25, 0.3) is 5.91 Å². The van der Waals surface area contributed by atoms with Crippen molar-refractivity contribution in [2.75, 3.05) is 19.5 Å². The number of rotatable bonds is 4. The number of carbonyl (C=O) groups is 1. The molecular formula is C15H12Cl2INO3. The van der Waals surface area contributed by atoms with Crippen molar-refractivity contribution in [2.24, 2.45) is 0 Å². The average Bonchev–Trinajstić information content (AvgIpc) is 2.49. The van der Waals surface area contributed by atoms with E-state index in [1.165, 1.54) is 14.2 Å². The van der Waals surface area contributed by atoms with Crippen LogP contribution in [-0.4, -0.2) is 20.1 Å². The molecule has 0 radical (unpaired) electrons. The maximum absolute atomic E-state index is 12.5. The Hall–Kier alpha value is -1.18. The second kappa shape index (κ2) is 7.39. The maximum Gasteiger partial charge on any atom is 0.259 e. The molecule has 0 saturated heterocycles. The monoisotopic (exact) mass is 451 g/mol. The van der Waals surface area contributed by atoms with Crippen LogP contribution in [0.1, 0.15) is 10.4 Å². The summed E-state index contributed by atoms with van der Waals surface area (Å²) in [6.07, 6.45) is 0. The lowest BCUT2D eigenvalue weighted by molar-refractivity contribution is 0.102. The van der Waals surface area contributed by atoms with E-state index in [-0.39, 0.29) is 5.91 Å². The molecule has 22 heavy (non-hydrogen) atoms. The van der Waals surface area contributed by atoms with Gasteiger partial charge in [0.1, 0.15) is 11.5 Å². The molecule has 0 unspecified atom stereocenters. The van der Waals surface area contributed by atoms with Gasteiger partial charge < -0.3 is 14.8 Å². The first kappa shape index (κ1) is 17.2. The van der Waals surface area contributed by atoms with Gasteiger partial charge in [-0.15, -0.1) is 0 Å². The van der Waals surface area contributed by atoms with Crippen LogP contribution in [0.2, 0.25) is 10.0 Å². The zero-order valence-electron chi connectivity index (χ0n) is 11.7. The van der Waals surface area contributed by atoms with Gasteiger partial charge in [0.2, 0.25) is 0 Å². The molecule has 1 amide bonds. The highest BCUT2D eigenvalue weighted by atomic mass is 127. The SMILES string of the molecule is COc1ccc(Cl)cc1NC(=O)c1cc(Cl)c(I)cc1OC. The van der Waals surface area contributed by atoms with E-state index in [2.05, 4.69) is 27.9 Å². The number of halogens is 3. The summed E-state index contributed by atoms with van der Waals surface area (Å²) in [4.78, 5) is 12.5. The maximum atomic E-state index is 12.5. The van der Waals surface area contributed by atoms with Gasteiger partial charge in [0.15, 0.2) is 0 Å². The van der Waals surface area contributed by atoms with Gasteiger partial charge in [-0.2, -0.15) is 0 Å². The lowest BCUT2D eigenvalue weighted by atomic mass is 10.1. The van der Waals surface area contributed by atoms with Crippen LogP contribution in [-0.2, 0) is 0 Å². The summed E-state index contributed by atoms with van der Waals surface area (Å²) in [6, 6.07) is 8.23. The van der Waals surface area contributed by atoms with Gasteiger partial charge >= 0.3 is 0 Å². The first-order chi connectivity index (χ1) is 10.5. The van der Waals surface area contributed by atoms with Crippen LogP contribution in [0.5, 0.6) is 11.5 Å². The van der Waals surface area contributed by atoms with Crippen molar-refractivity contribution < 1.29 is 14.3 Å². The van der Waals surface area contributed by atoms with E-state index in [1.807, 2.05) is 0 Å². The third kappa shape index (κ3) is 3.77. The van der Waals surface area contributed by atoms with Gasteiger partial charge in [0, 0.05) is 8.59 Å². The molecule has 2 rings (SSSR count). The van der Waals surface area contributed by atoms with E-state index in [9.17, 15) is 4.79 Å². The molecule has 0 spiro atoms. The van der Waals surface area contributed by atoms with Crippen LogP contribution < -0.4 is 14.8 Å². The first-order valence-electron chi connectivity index (χ1n) is 6.14. The van der Waals surface area contributed by atoms with Crippen molar-refractivity contribution in [2.45, 2.75) is 0 Å². The van der Waals surface area contributed by atoms with E-state index < -0.39 is 0 Å². The molecule has 4 nitrogen and oxygen atoms in total. The molecular weight excluding hydrogens is 440 g/mol. The molecule has 1 N–H and O–H groups in total. The van der Waals surface area contributed by atoms with Crippen molar-refractivity contribution in [3.8, 4) is 11.5 Å². The highest BCUT2D eigenvalue weighted by Gasteiger charge is 2.17. The van der Waals surface area contributed by atoms with Gasteiger partial charge in [0.05, 0.1) is 30.5 Å². The van der Waals surface area contributed by atoms with Gasteiger partial charge in [-0.3, -0.25) is 4.79 Å². The van der Waals surface area contributed by atoms with Gasteiger partial charge in [-0.05, 0) is 52.9 Å². The second-order valence-electron chi connectivity index (χ2n) is 4.27. The summed E-state index contributed by atoms with van der Waals surface area (Å²) >= 11 is 14.1. The Morgan fingerprint density at radius 3 is 2.41 bits per heavy atom. The normalized spacial score (nSPS) is 10.2. The number of hydrogen-bond donors (Lipinski definition) is 1. The standard InChI is InChI=1S/C15H12Cl2INO3/c1-21-13-4-3-8(16)5-12(13)19-15(20)9-6-10(17)11(18)7-14(9)22-2/h3-7H,1-2H3,(H,19,20). The molecule has 0 aliphatic carbocycles. The molecule has 0 atom stereocenters. The van der Waals surface area contributed by atoms with E-state index in [0.717, 1.165) is 3.57 Å². The summed E-state index contributed by atoms with van der Waals surface area (Å²) in [7, 11) is 3.01. The number of ether oxygens (including phenoxy) is 2. The Labute approximate surface area is 151 Å². The van der Waals surface area contributed by atoms with Crippen molar-refractivity contribution in [1.82, 2.24) is 0 Å². The number of hydrogen-bond acceptors (Lipinski definition) is 3. The second-order valence-corrected chi connectivity index (χ2v) is 6.27. The largest absolute Gasteiger partial charge is 0.496 e. The summed E-state index contributed by atoms with van der Waals surface area (Å²) in [6.45, 7) is 0. The number of carbonyl (C=O) groups excluding carboxylic acids is 1. The average molecular weight is 452 g/mol. The fraction of sp³-hybridized carbons (Fsp3) is 0.133. The predicted molar refractivity (Wildman–Crippen MR) is 96.7 cm³/mol. The quantitative estimate of drug-likeness (QED) is 0.674. The Morgan fingerprint density at radius 1 is 1.09 bits per heavy atom. The van der Waals surface area contributed by atoms with Crippen LogP contribution in [0.3, 0.4) is 0 Å². The fourth-order valence-electron chi connectivity index (χ4n) is 1.84. The minimum Gasteiger partial charge on any atom is -0.496 e. The number of amides is 1. The topological polar surface area (TPSA) is 47.6 Å². The Balaban J connectivity index is 2.38. The third-order valence-electron chi connectivity index (χ3n) is 2.90. The summed E-state index contributed by atoms with van der Waals surface area (Å²) in [5.41, 5.74) is 0.798. The van der Waals surface area contributed by atoms with Crippen LogP contribution in [0.4, 0.5) is 5.69 Å². The van der Waals surface area contributed by atoms with E-state index in [1.54, 1.807) is 30.3 Å². The van der Waals surface area contributed by atoms with Crippen LogP contribution in [0.25, 0.3) is 0 Å². The van der Waals surface area contributed by atoms with E-state index >= 15 is 0 Å². The number of anilines is 1. The molecule has 2 aromatic rings.